The largest absolute Gasteiger partial charge is 0.324 e. The Labute approximate surface area is 107 Å². The molecule has 0 saturated heterocycles. The van der Waals surface area contributed by atoms with Crippen molar-refractivity contribution in [3.8, 4) is 0 Å². The van der Waals surface area contributed by atoms with E-state index >= 15 is 0 Å². The lowest BCUT2D eigenvalue weighted by Gasteiger charge is -2.13. The van der Waals surface area contributed by atoms with Crippen molar-refractivity contribution >= 4 is 0 Å². The third-order valence-corrected chi connectivity index (χ3v) is 3.18. The van der Waals surface area contributed by atoms with Gasteiger partial charge in [0.05, 0.1) is 6.20 Å². The lowest BCUT2D eigenvalue weighted by Crippen LogP contribution is -2.14. The third-order valence-electron chi connectivity index (χ3n) is 3.18. The summed E-state index contributed by atoms with van der Waals surface area (Å²) in [4.78, 5) is 3.82. The second-order valence-electron chi connectivity index (χ2n) is 4.67. The normalized spacial score (nSPS) is 12.4. The Morgan fingerprint density at radius 3 is 2.61 bits per heavy atom. The Kier molecular flexibility index (Phi) is 3.72. The smallest absolute Gasteiger partial charge is 0.141 e. The molecule has 0 amide bonds. The molecule has 0 saturated carbocycles. The van der Waals surface area contributed by atoms with Gasteiger partial charge in [-0.2, -0.15) is 0 Å². The molecule has 2 rings (SSSR count). The third kappa shape index (κ3) is 2.93. The van der Waals surface area contributed by atoms with Crippen molar-refractivity contribution in [3.05, 3.63) is 64.7 Å². The number of rotatable bonds is 3. The minimum absolute atomic E-state index is 0.227. The molecule has 1 aromatic heterocycles. The Bertz CT molecular complexity index is 552. The van der Waals surface area contributed by atoms with Crippen LogP contribution in [0.25, 0.3) is 0 Å². The van der Waals surface area contributed by atoms with E-state index in [9.17, 15) is 4.39 Å². The zero-order chi connectivity index (χ0) is 13.1. The second kappa shape index (κ2) is 5.27. The van der Waals surface area contributed by atoms with E-state index in [0.717, 1.165) is 11.1 Å². The van der Waals surface area contributed by atoms with Crippen molar-refractivity contribution in [3.63, 3.8) is 0 Å². The average molecular weight is 244 g/mol. The van der Waals surface area contributed by atoms with Crippen molar-refractivity contribution in [2.24, 2.45) is 5.73 Å². The molecule has 3 heteroatoms. The van der Waals surface area contributed by atoms with E-state index in [4.69, 9.17) is 5.73 Å². The van der Waals surface area contributed by atoms with Gasteiger partial charge in [-0.3, -0.25) is 4.98 Å². The highest BCUT2D eigenvalue weighted by Gasteiger charge is 2.09. The second-order valence-corrected chi connectivity index (χ2v) is 4.67. The molecule has 1 heterocycles. The maximum atomic E-state index is 13.1. The molecule has 1 unspecified atom stereocenters. The summed E-state index contributed by atoms with van der Waals surface area (Å²) in [6.07, 6.45) is 3.49. The predicted molar refractivity (Wildman–Crippen MR) is 70.7 cm³/mol. The highest BCUT2D eigenvalue weighted by molar-refractivity contribution is 5.31. The summed E-state index contributed by atoms with van der Waals surface area (Å²) in [6.45, 7) is 4.16. The standard InChI is InChI=1S/C15H17FN2/c1-10-3-4-12(5-11(10)2)6-15(17)13-7-14(16)9-18-8-13/h3-5,7-9,15H,6,17H2,1-2H3. The summed E-state index contributed by atoms with van der Waals surface area (Å²) in [5, 5.41) is 0. The van der Waals surface area contributed by atoms with Crippen LogP contribution < -0.4 is 5.73 Å². The first kappa shape index (κ1) is 12.7. The first-order valence-corrected chi connectivity index (χ1v) is 5.98. The van der Waals surface area contributed by atoms with Gasteiger partial charge in [0.1, 0.15) is 5.82 Å². The quantitative estimate of drug-likeness (QED) is 0.901. The highest BCUT2D eigenvalue weighted by atomic mass is 19.1. The Balaban J connectivity index is 2.16. The monoisotopic (exact) mass is 244 g/mol. The summed E-state index contributed by atoms with van der Waals surface area (Å²) in [5.41, 5.74) is 10.5. The zero-order valence-corrected chi connectivity index (χ0v) is 10.7. The first-order valence-electron chi connectivity index (χ1n) is 5.98. The summed E-state index contributed by atoms with van der Waals surface area (Å²) < 4.78 is 13.1. The van der Waals surface area contributed by atoms with Gasteiger partial charge >= 0.3 is 0 Å². The molecule has 0 fully saturated rings. The van der Waals surface area contributed by atoms with E-state index < -0.39 is 0 Å². The summed E-state index contributed by atoms with van der Waals surface area (Å²) in [6, 6.07) is 7.49. The van der Waals surface area contributed by atoms with Crippen molar-refractivity contribution in [2.75, 3.05) is 0 Å². The van der Waals surface area contributed by atoms with Crippen LogP contribution in [0.1, 0.15) is 28.3 Å². The van der Waals surface area contributed by atoms with Gasteiger partial charge in [0.25, 0.3) is 0 Å². The number of pyridine rings is 1. The maximum absolute atomic E-state index is 13.1. The number of benzene rings is 1. The van der Waals surface area contributed by atoms with E-state index in [1.807, 2.05) is 0 Å². The van der Waals surface area contributed by atoms with Gasteiger partial charge in [-0.25, -0.2) is 4.39 Å². The number of hydrogen-bond acceptors (Lipinski definition) is 2. The van der Waals surface area contributed by atoms with Gasteiger partial charge in [-0.1, -0.05) is 18.2 Å². The molecule has 18 heavy (non-hydrogen) atoms. The van der Waals surface area contributed by atoms with Crippen molar-refractivity contribution in [2.45, 2.75) is 26.3 Å². The number of nitrogens with zero attached hydrogens (tertiary/aromatic N) is 1. The van der Waals surface area contributed by atoms with E-state index in [1.54, 1.807) is 6.20 Å². The van der Waals surface area contributed by atoms with Gasteiger partial charge in [-0.15, -0.1) is 0 Å². The van der Waals surface area contributed by atoms with Crippen molar-refractivity contribution in [1.29, 1.82) is 0 Å². The van der Waals surface area contributed by atoms with Crippen LogP contribution in [0, 0.1) is 19.7 Å². The molecule has 2 nitrogen and oxygen atoms in total. The van der Waals surface area contributed by atoms with Gasteiger partial charge < -0.3 is 5.73 Å². The topological polar surface area (TPSA) is 38.9 Å². The summed E-state index contributed by atoms with van der Waals surface area (Å²) in [7, 11) is 0. The van der Waals surface area contributed by atoms with Gasteiger partial charge in [0.15, 0.2) is 0 Å². The SMILES string of the molecule is Cc1ccc(CC(N)c2cncc(F)c2)cc1C. The van der Waals surface area contributed by atoms with Crippen LogP contribution >= 0.6 is 0 Å². The predicted octanol–water partition coefficient (Wildman–Crippen LogP) is 3.08. The van der Waals surface area contributed by atoms with E-state index in [2.05, 4.69) is 37.0 Å². The van der Waals surface area contributed by atoms with E-state index in [-0.39, 0.29) is 11.9 Å². The lowest BCUT2D eigenvalue weighted by molar-refractivity contribution is 0.610. The molecule has 1 aromatic carbocycles. The Morgan fingerprint density at radius 1 is 1.17 bits per heavy atom. The van der Waals surface area contributed by atoms with Crippen molar-refractivity contribution in [1.82, 2.24) is 4.98 Å². The van der Waals surface area contributed by atoms with Crippen LogP contribution in [0.4, 0.5) is 4.39 Å². The van der Waals surface area contributed by atoms with Crippen molar-refractivity contribution < 1.29 is 4.39 Å². The molecular formula is C15H17FN2. The molecule has 2 aromatic rings. The molecule has 94 valence electrons. The minimum atomic E-state index is -0.344. The fourth-order valence-corrected chi connectivity index (χ4v) is 1.93. The number of hydrogen-bond donors (Lipinski definition) is 1. The van der Waals surface area contributed by atoms with Crippen LogP contribution in [0.15, 0.2) is 36.7 Å². The molecule has 0 spiro atoms. The molecule has 0 bridgehead atoms. The van der Waals surface area contributed by atoms with Crippen LogP contribution in [0.5, 0.6) is 0 Å². The Morgan fingerprint density at radius 2 is 1.94 bits per heavy atom. The van der Waals surface area contributed by atoms with E-state index in [1.165, 1.54) is 23.4 Å². The Hall–Kier alpha value is -1.74. The molecule has 0 aliphatic heterocycles. The fourth-order valence-electron chi connectivity index (χ4n) is 1.93. The van der Waals surface area contributed by atoms with Crippen LogP contribution in [0.2, 0.25) is 0 Å². The minimum Gasteiger partial charge on any atom is -0.324 e. The molecule has 1 atom stereocenters. The zero-order valence-electron chi connectivity index (χ0n) is 10.7. The fraction of sp³-hybridized carbons (Fsp3) is 0.267. The number of aromatic nitrogens is 1. The average Bonchev–Trinajstić information content (AvgIpc) is 2.34. The number of nitrogens with two attached hydrogens (primary N) is 1. The first-order chi connectivity index (χ1) is 8.56. The molecule has 0 aliphatic rings. The number of aryl methyl sites for hydroxylation is 2. The number of halogens is 1. The highest BCUT2D eigenvalue weighted by Crippen LogP contribution is 2.18. The van der Waals surface area contributed by atoms with Crippen LogP contribution in [-0.4, -0.2) is 4.98 Å². The van der Waals surface area contributed by atoms with Gasteiger partial charge in [0, 0.05) is 12.2 Å². The summed E-state index contributed by atoms with van der Waals surface area (Å²) in [5.74, 6) is -0.344. The molecule has 2 N–H and O–H groups in total. The van der Waals surface area contributed by atoms with Gasteiger partial charge in [0.2, 0.25) is 0 Å². The molecule has 0 radical (unpaired) electrons. The summed E-state index contributed by atoms with van der Waals surface area (Å²) >= 11 is 0. The lowest BCUT2D eigenvalue weighted by atomic mass is 9.98. The maximum Gasteiger partial charge on any atom is 0.141 e. The molecule has 0 aliphatic carbocycles. The molecular weight excluding hydrogens is 227 g/mol. The van der Waals surface area contributed by atoms with E-state index in [0.29, 0.717) is 6.42 Å². The van der Waals surface area contributed by atoms with Crippen LogP contribution in [0.3, 0.4) is 0 Å². The van der Waals surface area contributed by atoms with Crippen LogP contribution in [-0.2, 0) is 6.42 Å². The van der Waals surface area contributed by atoms with Gasteiger partial charge in [-0.05, 0) is 48.6 Å².